The Morgan fingerprint density at radius 3 is 2.59 bits per heavy atom. The summed E-state index contributed by atoms with van der Waals surface area (Å²) in [4.78, 5) is 26.6. The van der Waals surface area contributed by atoms with E-state index in [9.17, 15) is 23.3 Å². The fourth-order valence-corrected chi connectivity index (χ4v) is 4.49. The van der Waals surface area contributed by atoms with E-state index in [4.69, 9.17) is 4.74 Å². The van der Waals surface area contributed by atoms with Crippen molar-refractivity contribution in [1.29, 1.82) is 0 Å². The molecule has 1 heterocycles. The van der Waals surface area contributed by atoms with Crippen molar-refractivity contribution in [3.63, 3.8) is 0 Å². The third kappa shape index (κ3) is 6.29. The number of pyridine rings is 1. The second kappa shape index (κ2) is 10.8. The van der Waals surface area contributed by atoms with Crippen molar-refractivity contribution in [2.45, 2.75) is 31.2 Å². The molecule has 2 aromatic carbocycles. The van der Waals surface area contributed by atoms with Crippen molar-refractivity contribution in [3.8, 4) is 5.75 Å². The maximum Gasteiger partial charge on any atom is 0.269 e. The number of hydrogen-bond acceptors (Lipinski definition) is 7. The van der Waals surface area contributed by atoms with Crippen LogP contribution in [0.3, 0.4) is 0 Å². The Kier molecular flexibility index (Phi) is 7.79. The number of benzene rings is 2. The van der Waals surface area contributed by atoms with Crippen molar-refractivity contribution in [2.75, 3.05) is 11.8 Å². The highest BCUT2D eigenvalue weighted by Crippen LogP contribution is 2.29. The molecule has 0 aliphatic heterocycles. The Balaban J connectivity index is 1.67. The molecule has 0 bridgehead atoms. The number of amides is 1. The summed E-state index contributed by atoms with van der Waals surface area (Å²) in [5.41, 5.74) is 1.98. The summed E-state index contributed by atoms with van der Waals surface area (Å²) in [6, 6.07) is 13.9. The van der Waals surface area contributed by atoms with Crippen LogP contribution in [-0.4, -0.2) is 31.3 Å². The molecule has 0 saturated heterocycles. The van der Waals surface area contributed by atoms with Crippen molar-refractivity contribution in [2.24, 2.45) is 0 Å². The van der Waals surface area contributed by atoms with Crippen LogP contribution in [0.2, 0.25) is 0 Å². The third-order valence-corrected chi connectivity index (χ3v) is 6.42. The zero-order valence-electron chi connectivity index (χ0n) is 18.6. The maximum atomic E-state index is 13.0. The first-order valence-electron chi connectivity index (χ1n) is 10.3. The molecule has 0 saturated carbocycles. The molecule has 1 aromatic heterocycles. The van der Waals surface area contributed by atoms with Gasteiger partial charge in [0.25, 0.3) is 15.7 Å². The monoisotopic (exact) mass is 484 g/mol. The highest BCUT2D eigenvalue weighted by molar-refractivity contribution is 7.92. The summed E-state index contributed by atoms with van der Waals surface area (Å²) in [7, 11) is -2.67. The molecular formula is C23H24N4O6S. The number of nitrogens with one attached hydrogen (secondary N) is 2. The molecule has 34 heavy (non-hydrogen) atoms. The zero-order valence-corrected chi connectivity index (χ0v) is 19.5. The number of sulfonamides is 1. The van der Waals surface area contributed by atoms with Crippen molar-refractivity contribution < 1.29 is 22.9 Å². The molecule has 0 radical (unpaired) electrons. The largest absolute Gasteiger partial charge is 0.495 e. The number of ether oxygens (including phenoxy) is 1. The second-order valence-corrected chi connectivity index (χ2v) is 9.10. The minimum absolute atomic E-state index is 0.0869. The fraction of sp³-hybridized carbons (Fsp3) is 0.217. The van der Waals surface area contributed by atoms with Gasteiger partial charge in [0.2, 0.25) is 5.91 Å². The summed E-state index contributed by atoms with van der Waals surface area (Å²) in [5.74, 6) is -0.0323. The van der Waals surface area contributed by atoms with Crippen molar-refractivity contribution >= 4 is 27.3 Å². The number of hydrogen-bond donors (Lipinski definition) is 2. The number of carbonyl (C=O) groups excluding carboxylic acids is 1. The summed E-state index contributed by atoms with van der Waals surface area (Å²) in [6.45, 7) is 1.90. The molecule has 2 N–H and O–H groups in total. The molecule has 3 rings (SSSR count). The molecular weight excluding hydrogens is 460 g/mol. The predicted molar refractivity (Wildman–Crippen MR) is 126 cm³/mol. The summed E-state index contributed by atoms with van der Waals surface area (Å²) >= 11 is 0. The van der Waals surface area contributed by atoms with E-state index in [-0.39, 0.29) is 34.3 Å². The SMILES string of the molecule is COc1cc(CCC(=O)NCc2ccccn2)ccc1S(=O)(=O)Nc1ccc([N+](=O)[O-])cc1C. The number of carbonyl (C=O) groups is 1. The Labute approximate surface area is 197 Å². The molecule has 0 spiro atoms. The van der Waals surface area contributed by atoms with Crippen LogP contribution < -0.4 is 14.8 Å². The van der Waals surface area contributed by atoms with E-state index in [0.29, 0.717) is 18.5 Å². The third-order valence-electron chi connectivity index (χ3n) is 5.02. The lowest BCUT2D eigenvalue weighted by Crippen LogP contribution is -2.23. The highest BCUT2D eigenvalue weighted by Gasteiger charge is 2.21. The minimum Gasteiger partial charge on any atom is -0.495 e. The van der Waals surface area contributed by atoms with E-state index in [1.807, 2.05) is 12.1 Å². The van der Waals surface area contributed by atoms with E-state index in [1.165, 1.54) is 31.4 Å². The summed E-state index contributed by atoms with van der Waals surface area (Å²) < 4.78 is 33.6. The number of aromatic nitrogens is 1. The van der Waals surface area contributed by atoms with Crippen LogP contribution in [0, 0.1) is 17.0 Å². The number of aryl methyl sites for hydroxylation is 2. The van der Waals surface area contributed by atoms with Crippen molar-refractivity contribution in [1.82, 2.24) is 10.3 Å². The first kappa shape index (κ1) is 24.6. The van der Waals surface area contributed by atoms with Gasteiger partial charge in [-0.2, -0.15) is 0 Å². The van der Waals surface area contributed by atoms with Gasteiger partial charge in [-0.1, -0.05) is 12.1 Å². The van der Waals surface area contributed by atoms with Crippen LogP contribution in [0.4, 0.5) is 11.4 Å². The van der Waals surface area contributed by atoms with Gasteiger partial charge in [0.15, 0.2) is 0 Å². The van der Waals surface area contributed by atoms with Crippen LogP contribution in [0.1, 0.15) is 23.2 Å². The molecule has 1 amide bonds. The van der Waals surface area contributed by atoms with Crippen LogP contribution in [-0.2, 0) is 27.8 Å². The van der Waals surface area contributed by atoms with E-state index in [1.54, 1.807) is 31.3 Å². The van der Waals surface area contributed by atoms with E-state index < -0.39 is 14.9 Å². The average Bonchev–Trinajstić information content (AvgIpc) is 2.82. The summed E-state index contributed by atoms with van der Waals surface area (Å²) in [5, 5.41) is 13.7. The molecule has 0 aliphatic carbocycles. The normalized spacial score (nSPS) is 11.0. The average molecular weight is 485 g/mol. The van der Waals surface area contributed by atoms with Gasteiger partial charge in [0, 0.05) is 24.8 Å². The molecule has 178 valence electrons. The maximum absolute atomic E-state index is 13.0. The van der Waals surface area contributed by atoms with Gasteiger partial charge in [0.1, 0.15) is 10.6 Å². The molecule has 0 unspecified atom stereocenters. The molecule has 0 atom stereocenters. The standard InChI is InChI=1S/C23H24N4O6S/c1-16-13-19(27(29)30)8-9-20(16)26-34(31,32)22-10-6-17(14-21(22)33-2)7-11-23(28)25-15-18-5-3-4-12-24-18/h3-6,8-10,12-14,26H,7,11,15H2,1-2H3,(H,25,28). The Bertz CT molecular complexity index is 1300. The Morgan fingerprint density at radius 2 is 1.94 bits per heavy atom. The van der Waals surface area contributed by atoms with Crippen LogP contribution in [0.5, 0.6) is 5.75 Å². The lowest BCUT2D eigenvalue weighted by molar-refractivity contribution is -0.384. The number of nitrogens with zero attached hydrogens (tertiary/aromatic N) is 2. The fourth-order valence-electron chi connectivity index (χ4n) is 3.20. The lowest BCUT2D eigenvalue weighted by atomic mass is 10.1. The van der Waals surface area contributed by atoms with Crippen LogP contribution >= 0.6 is 0 Å². The van der Waals surface area contributed by atoms with E-state index in [2.05, 4.69) is 15.0 Å². The topological polar surface area (TPSA) is 141 Å². The molecule has 0 fully saturated rings. The number of nitro benzene ring substituents is 1. The quantitative estimate of drug-likeness (QED) is 0.332. The number of rotatable bonds is 10. The van der Waals surface area contributed by atoms with Gasteiger partial charge in [-0.3, -0.25) is 24.6 Å². The number of nitro groups is 1. The van der Waals surface area contributed by atoms with Gasteiger partial charge in [-0.05, 0) is 54.8 Å². The number of methoxy groups -OCH3 is 1. The second-order valence-electron chi connectivity index (χ2n) is 7.44. The molecule has 10 nitrogen and oxygen atoms in total. The lowest BCUT2D eigenvalue weighted by Gasteiger charge is -2.14. The van der Waals surface area contributed by atoms with Gasteiger partial charge in [0.05, 0.1) is 30.0 Å². The molecule has 11 heteroatoms. The van der Waals surface area contributed by atoms with Gasteiger partial charge < -0.3 is 10.1 Å². The predicted octanol–water partition coefficient (Wildman–Crippen LogP) is 3.36. The Hall–Kier alpha value is -3.99. The van der Waals surface area contributed by atoms with Crippen LogP contribution in [0.15, 0.2) is 65.7 Å². The molecule has 0 aliphatic rings. The highest BCUT2D eigenvalue weighted by atomic mass is 32.2. The number of anilines is 1. The smallest absolute Gasteiger partial charge is 0.269 e. The molecule has 3 aromatic rings. The first-order valence-corrected chi connectivity index (χ1v) is 11.8. The van der Waals surface area contributed by atoms with Gasteiger partial charge in [-0.25, -0.2) is 8.42 Å². The van der Waals surface area contributed by atoms with Gasteiger partial charge >= 0.3 is 0 Å². The minimum atomic E-state index is -4.03. The van der Waals surface area contributed by atoms with E-state index >= 15 is 0 Å². The van der Waals surface area contributed by atoms with Gasteiger partial charge in [-0.15, -0.1) is 0 Å². The first-order chi connectivity index (χ1) is 16.2. The zero-order chi connectivity index (χ0) is 24.7. The Morgan fingerprint density at radius 1 is 1.15 bits per heavy atom. The number of non-ortho nitro benzene ring substituents is 1. The van der Waals surface area contributed by atoms with E-state index in [0.717, 1.165) is 11.3 Å². The van der Waals surface area contributed by atoms with Crippen LogP contribution in [0.25, 0.3) is 0 Å². The summed E-state index contributed by atoms with van der Waals surface area (Å²) in [6.07, 6.45) is 2.25. The van der Waals surface area contributed by atoms with Crippen molar-refractivity contribution in [3.05, 3.63) is 87.7 Å².